The maximum atomic E-state index is 14.5. The lowest BCUT2D eigenvalue weighted by Gasteiger charge is -2.41. The number of nitrogens with zero attached hydrogens (tertiary/aromatic N) is 5. The second-order valence-electron chi connectivity index (χ2n) is 11.9. The smallest absolute Gasteiger partial charge is 0.407 e. The monoisotopic (exact) mass is 607 g/mol. The van der Waals surface area contributed by atoms with E-state index in [9.17, 15) is 14.7 Å². The molecule has 2 amide bonds. The highest BCUT2D eigenvalue weighted by atomic mass is 16.5. The topological polar surface area (TPSA) is 91.1 Å². The minimum Gasteiger partial charge on any atom is -0.465 e. The first-order valence-electron chi connectivity index (χ1n) is 15.9. The third-order valence-electron chi connectivity index (χ3n) is 8.94. The Morgan fingerprint density at radius 2 is 1.51 bits per heavy atom. The van der Waals surface area contributed by atoms with Crippen LogP contribution in [0.25, 0.3) is 11.3 Å². The number of hydrogen-bond donors (Lipinski definition) is 1. The van der Waals surface area contributed by atoms with Crippen molar-refractivity contribution in [2.24, 2.45) is 0 Å². The first kappa shape index (κ1) is 30.6. The summed E-state index contributed by atoms with van der Waals surface area (Å²) in [6.45, 7) is 4.80. The molecule has 3 heterocycles. The number of rotatable bonds is 10. The van der Waals surface area contributed by atoms with Gasteiger partial charge in [-0.05, 0) is 30.4 Å². The van der Waals surface area contributed by atoms with Crippen molar-refractivity contribution in [1.82, 2.24) is 24.3 Å². The zero-order chi connectivity index (χ0) is 31.0. The van der Waals surface area contributed by atoms with Gasteiger partial charge in [-0.2, -0.15) is 0 Å². The van der Waals surface area contributed by atoms with E-state index in [4.69, 9.17) is 9.72 Å². The normalized spacial score (nSPS) is 17.7. The maximum Gasteiger partial charge on any atom is 0.407 e. The molecule has 0 saturated carbocycles. The summed E-state index contributed by atoms with van der Waals surface area (Å²) in [6, 6.07) is 30.5. The zero-order valence-corrected chi connectivity index (χ0v) is 25.6. The number of benzene rings is 3. The van der Waals surface area contributed by atoms with E-state index in [0.29, 0.717) is 51.4 Å². The molecule has 0 bridgehead atoms. The van der Waals surface area contributed by atoms with E-state index in [1.54, 1.807) is 6.33 Å². The van der Waals surface area contributed by atoms with Gasteiger partial charge in [-0.1, -0.05) is 91.0 Å². The highest BCUT2D eigenvalue weighted by molar-refractivity contribution is 5.98. The molecule has 6 rings (SSSR count). The van der Waals surface area contributed by atoms with Crippen molar-refractivity contribution in [2.75, 3.05) is 39.4 Å². The molecule has 2 saturated heterocycles. The Morgan fingerprint density at radius 3 is 2.18 bits per heavy atom. The van der Waals surface area contributed by atoms with E-state index in [1.807, 2.05) is 64.1 Å². The molecule has 2 fully saturated rings. The quantitative estimate of drug-likeness (QED) is 0.264. The van der Waals surface area contributed by atoms with Crippen LogP contribution in [0.15, 0.2) is 97.3 Å². The zero-order valence-electron chi connectivity index (χ0n) is 25.6. The molecular weight excluding hydrogens is 566 g/mol. The maximum absolute atomic E-state index is 14.5. The number of hydrogen-bond acceptors (Lipinski definition) is 5. The Bertz CT molecular complexity index is 1540. The van der Waals surface area contributed by atoms with Gasteiger partial charge in [0.25, 0.3) is 5.91 Å². The molecule has 0 aliphatic carbocycles. The van der Waals surface area contributed by atoms with Gasteiger partial charge in [0, 0.05) is 70.1 Å². The van der Waals surface area contributed by atoms with Crippen LogP contribution in [-0.4, -0.2) is 92.8 Å². The van der Waals surface area contributed by atoms with Gasteiger partial charge in [0.05, 0.1) is 12.0 Å². The summed E-state index contributed by atoms with van der Waals surface area (Å²) in [5, 5.41) is 10.0. The van der Waals surface area contributed by atoms with Crippen LogP contribution in [0.3, 0.4) is 0 Å². The van der Waals surface area contributed by atoms with Crippen LogP contribution in [0.5, 0.6) is 0 Å². The van der Waals surface area contributed by atoms with Gasteiger partial charge >= 0.3 is 6.09 Å². The Balaban J connectivity index is 1.27. The van der Waals surface area contributed by atoms with Crippen molar-refractivity contribution in [3.63, 3.8) is 0 Å². The summed E-state index contributed by atoms with van der Waals surface area (Å²) in [6.07, 6.45) is 2.88. The number of ether oxygens (including phenoxy) is 1. The van der Waals surface area contributed by atoms with Gasteiger partial charge < -0.3 is 24.2 Å². The number of imidazole rings is 1. The molecule has 0 unspecified atom stereocenters. The summed E-state index contributed by atoms with van der Waals surface area (Å²) in [5.74, 6) is -0.0904. The standard InChI is InChI=1S/C36H41N5O4/c42-35(40-20-18-38(25-29-12-6-2-7-13-29)26-32(40)24-28-10-4-1-5-11-28)33-34(30-14-8-3-9-15-30)39(27-37-33)19-21-41(36(43)44)31-16-22-45-23-17-31/h1-15,27,31-32H,16-26H2,(H,43,44)/t32-/m1/s1. The van der Waals surface area contributed by atoms with Crippen LogP contribution in [0, 0.1) is 0 Å². The molecule has 0 spiro atoms. The summed E-state index contributed by atoms with van der Waals surface area (Å²) in [5.41, 5.74) is 4.47. The van der Waals surface area contributed by atoms with Crippen LogP contribution in [0.2, 0.25) is 0 Å². The van der Waals surface area contributed by atoms with Gasteiger partial charge in [0.1, 0.15) is 0 Å². The van der Waals surface area contributed by atoms with E-state index in [2.05, 4.69) is 41.3 Å². The molecule has 1 N–H and O–H groups in total. The van der Waals surface area contributed by atoms with Crippen LogP contribution in [0.4, 0.5) is 4.79 Å². The van der Waals surface area contributed by atoms with Crippen LogP contribution in [0.1, 0.15) is 34.5 Å². The number of piperazine rings is 1. The van der Waals surface area contributed by atoms with E-state index >= 15 is 0 Å². The van der Waals surface area contributed by atoms with E-state index in [1.165, 1.54) is 16.0 Å². The lowest BCUT2D eigenvalue weighted by atomic mass is 10.0. The molecule has 3 aromatic carbocycles. The molecule has 9 nitrogen and oxygen atoms in total. The van der Waals surface area contributed by atoms with E-state index in [-0.39, 0.29) is 18.0 Å². The second kappa shape index (κ2) is 14.5. The Morgan fingerprint density at radius 1 is 0.867 bits per heavy atom. The molecule has 2 aliphatic rings. The van der Waals surface area contributed by atoms with Gasteiger partial charge in [-0.15, -0.1) is 0 Å². The number of carboxylic acid groups (broad SMARTS) is 1. The third-order valence-corrected chi connectivity index (χ3v) is 8.94. The lowest BCUT2D eigenvalue weighted by molar-refractivity contribution is 0.0347. The predicted molar refractivity (Wildman–Crippen MR) is 173 cm³/mol. The Hall–Kier alpha value is -4.47. The fraction of sp³-hybridized carbons (Fsp3) is 0.361. The second-order valence-corrected chi connectivity index (χ2v) is 11.9. The minimum atomic E-state index is -0.934. The molecule has 2 aliphatic heterocycles. The summed E-state index contributed by atoms with van der Waals surface area (Å²) >= 11 is 0. The van der Waals surface area contributed by atoms with Gasteiger partial charge in [-0.3, -0.25) is 9.69 Å². The molecule has 4 aromatic rings. The van der Waals surface area contributed by atoms with Crippen LogP contribution in [-0.2, 0) is 24.2 Å². The average molecular weight is 608 g/mol. The first-order chi connectivity index (χ1) is 22.1. The van der Waals surface area contributed by atoms with Gasteiger partial charge in [0.15, 0.2) is 5.69 Å². The highest BCUT2D eigenvalue weighted by Gasteiger charge is 2.34. The number of aromatic nitrogens is 2. The number of carbonyl (C=O) groups is 2. The van der Waals surface area contributed by atoms with Crippen molar-refractivity contribution in [3.05, 3.63) is 114 Å². The molecular formula is C36H41N5O4. The molecule has 234 valence electrons. The first-order valence-corrected chi connectivity index (χ1v) is 15.9. The predicted octanol–water partition coefficient (Wildman–Crippen LogP) is 5.28. The van der Waals surface area contributed by atoms with Gasteiger partial charge in [-0.25, -0.2) is 9.78 Å². The SMILES string of the molecule is O=C(O)N(CCn1cnc(C(=O)N2CCN(Cc3ccccc3)C[C@H]2Cc2ccccc2)c1-c1ccccc1)C1CCOCC1. The minimum absolute atomic E-state index is 0.0258. The fourth-order valence-corrected chi connectivity index (χ4v) is 6.62. The van der Waals surface area contributed by atoms with Crippen molar-refractivity contribution in [3.8, 4) is 11.3 Å². The van der Waals surface area contributed by atoms with E-state index in [0.717, 1.165) is 37.3 Å². The molecule has 0 radical (unpaired) electrons. The molecule has 45 heavy (non-hydrogen) atoms. The summed E-state index contributed by atoms with van der Waals surface area (Å²) in [7, 11) is 0. The van der Waals surface area contributed by atoms with Crippen molar-refractivity contribution < 1.29 is 19.4 Å². The van der Waals surface area contributed by atoms with Crippen molar-refractivity contribution in [1.29, 1.82) is 0 Å². The summed E-state index contributed by atoms with van der Waals surface area (Å²) in [4.78, 5) is 37.3. The largest absolute Gasteiger partial charge is 0.465 e. The van der Waals surface area contributed by atoms with Crippen LogP contribution >= 0.6 is 0 Å². The van der Waals surface area contributed by atoms with Crippen molar-refractivity contribution >= 4 is 12.0 Å². The fourth-order valence-electron chi connectivity index (χ4n) is 6.62. The Labute approximate surface area is 264 Å². The molecule has 1 aromatic heterocycles. The third kappa shape index (κ3) is 7.44. The Kier molecular flexibility index (Phi) is 9.87. The van der Waals surface area contributed by atoms with Gasteiger partial charge in [0.2, 0.25) is 0 Å². The highest BCUT2D eigenvalue weighted by Crippen LogP contribution is 2.27. The van der Waals surface area contributed by atoms with Crippen LogP contribution < -0.4 is 0 Å². The van der Waals surface area contributed by atoms with Crippen molar-refractivity contribution in [2.45, 2.75) is 44.4 Å². The number of carbonyl (C=O) groups excluding carboxylic acids is 1. The number of amides is 2. The molecule has 1 atom stereocenters. The molecule has 9 heteroatoms. The average Bonchev–Trinajstić information content (AvgIpc) is 3.50. The lowest BCUT2D eigenvalue weighted by Crippen LogP contribution is -2.55. The van der Waals surface area contributed by atoms with E-state index < -0.39 is 6.09 Å². The summed E-state index contributed by atoms with van der Waals surface area (Å²) < 4.78 is 7.40.